The van der Waals surface area contributed by atoms with E-state index in [1.165, 1.54) is 10.4 Å². The van der Waals surface area contributed by atoms with Crippen LogP contribution in [0.2, 0.25) is 0 Å². The van der Waals surface area contributed by atoms with Crippen LogP contribution in [-0.2, 0) is 13.1 Å². The summed E-state index contributed by atoms with van der Waals surface area (Å²) in [7, 11) is 1.65. The van der Waals surface area contributed by atoms with E-state index in [4.69, 9.17) is 9.47 Å². The van der Waals surface area contributed by atoms with Crippen molar-refractivity contribution in [3.05, 3.63) is 58.8 Å². The fourth-order valence-electron chi connectivity index (χ4n) is 1.83. The lowest BCUT2D eigenvalue weighted by Gasteiger charge is -2.11. The van der Waals surface area contributed by atoms with Gasteiger partial charge in [0.1, 0.15) is 6.61 Å². The van der Waals surface area contributed by atoms with E-state index in [9.17, 15) is 0 Å². The molecule has 1 N–H and O–H groups in total. The molecule has 0 aliphatic carbocycles. The molecule has 2 rings (SSSR count). The molecule has 0 saturated carbocycles. The molecule has 0 bridgehead atoms. The number of ether oxygens (including phenoxy) is 2. The van der Waals surface area contributed by atoms with Gasteiger partial charge < -0.3 is 14.8 Å². The van der Waals surface area contributed by atoms with Crippen molar-refractivity contribution in [2.45, 2.75) is 13.1 Å². The molecule has 0 fully saturated rings. The van der Waals surface area contributed by atoms with E-state index in [1.54, 1.807) is 24.5 Å². The molecule has 0 saturated heterocycles. The lowest BCUT2D eigenvalue weighted by molar-refractivity contribution is 0.326. The lowest BCUT2D eigenvalue weighted by atomic mass is 10.2. The Kier molecular flexibility index (Phi) is 5.65. The number of thiophene rings is 1. The Labute approximate surface area is 123 Å². The minimum atomic E-state index is 0.479. The Bertz CT molecular complexity index is 537. The number of nitrogens with one attached hydrogen (secondary N) is 1. The highest BCUT2D eigenvalue weighted by molar-refractivity contribution is 7.09. The van der Waals surface area contributed by atoms with Crippen molar-refractivity contribution in [1.82, 2.24) is 5.32 Å². The highest BCUT2D eigenvalue weighted by Crippen LogP contribution is 2.28. The number of benzene rings is 1. The van der Waals surface area contributed by atoms with Crippen LogP contribution in [0.5, 0.6) is 11.5 Å². The summed E-state index contributed by atoms with van der Waals surface area (Å²) < 4.78 is 10.9. The zero-order valence-electron chi connectivity index (χ0n) is 11.6. The first kappa shape index (κ1) is 14.6. The molecule has 1 aromatic heterocycles. The summed E-state index contributed by atoms with van der Waals surface area (Å²) in [6.45, 7) is 5.80. The van der Waals surface area contributed by atoms with Gasteiger partial charge in [-0.1, -0.05) is 24.8 Å². The lowest BCUT2D eigenvalue weighted by Crippen LogP contribution is -2.11. The molecule has 0 amide bonds. The zero-order valence-corrected chi connectivity index (χ0v) is 12.4. The fourth-order valence-corrected chi connectivity index (χ4v) is 2.51. The SMILES string of the molecule is C=CCOc1ccc(CNCc2cccs2)cc1OC. The van der Waals surface area contributed by atoms with Gasteiger partial charge in [-0.25, -0.2) is 0 Å². The topological polar surface area (TPSA) is 30.5 Å². The number of rotatable bonds is 8. The van der Waals surface area contributed by atoms with Crippen LogP contribution in [0, 0.1) is 0 Å². The fraction of sp³-hybridized carbons (Fsp3) is 0.250. The molecule has 0 atom stereocenters. The standard InChI is InChI=1S/C16H19NO2S/c1-3-8-19-15-7-6-13(10-16(15)18-2)11-17-12-14-5-4-9-20-14/h3-7,9-10,17H,1,8,11-12H2,2H3. The van der Waals surface area contributed by atoms with E-state index in [0.717, 1.165) is 24.6 Å². The number of methoxy groups -OCH3 is 1. The van der Waals surface area contributed by atoms with Crippen LogP contribution < -0.4 is 14.8 Å². The van der Waals surface area contributed by atoms with E-state index in [0.29, 0.717) is 6.61 Å². The highest BCUT2D eigenvalue weighted by Gasteiger charge is 2.05. The molecule has 4 heteroatoms. The Morgan fingerprint density at radius 3 is 2.85 bits per heavy atom. The predicted octanol–water partition coefficient (Wildman–Crippen LogP) is 3.61. The predicted molar refractivity (Wildman–Crippen MR) is 83.5 cm³/mol. The molecule has 0 radical (unpaired) electrons. The van der Waals surface area contributed by atoms with Gasteiger partial charge in [-0.05, 0) is 29.1 Å². The Morgan fingerprint density at radius 2 is 2.15 bits per heavy atom. The van der Waals surface area contributed by atoms with Crippen molar-refractivity contribution in [2.24, 2.45) is 0 Å². The molecule has 1 heterocycles. The van der Waals surface area contributed by atoms with E-state index in [-0.39, 0.29) is 0 Å². The molecule has 0 unspecified atom stereocenters. The Hall–Kier alpha value is -1.78. The smallest absolute Gasteiger partial charge is 0.161 e. The molecule has 2 aromatic rings. The van der Waals surface area contributed by atoms with Gasteiger partial charge >= 0.3 is 0 Å². The van der Waals surface area contributed by atoms with Gasteiger partial charge in [0.2, 0.25) is 0 Å². The molecule has 106 valence electrons. The van der Waals surface area contributed by atoms with Gasteiger partial charge in [-0.2, -0.15) is 0 Å². The van der Waals surface area contributed by atoms with Gasteiger partial charge in [-0.15, -0.1) is 11.3 Å². The van der Waals surface area contributed by atoms with Crippen LogP contribution in [0.4, 0.5) is 0 Å². The largest absolute Gasteiger partial charge is 0.493 e. The third-order valence-corrected chi connectivity index (χ3v) is 3.67. The highest BCUT2D eigenvalue weighted by atomic mass is 32.1. The maximum atomic E-state index is 5.53. The van der Waals surface area contributed by atoms with Crippen LogP contribution >= 0.6 is 11.3 Å². The average Bonchev–Trinajstić information content (AvgIpc) is 2.99. The Balaban J connectivity index is 1.92. The molecule has 20 heavy (non-hydrogen) atoms. The average molecular weight is 289 g/mol. The monoisotopic (exact) mass is 289 g/mol. The molecule has 0 aliphatic rings. The first-order valence-corrected chi connectivity index (χ1v) is 7.35. The van der Waals surface area contributed by atoms with Crippen molar-refractivity contribution >= 4 is 11.3 Å². The van der Waals surface area contributed by atoms with E-state index < -0.39 is 0 Å². The summed E-state index contributed by atoms with van der Waals surface area (Å²) in [6, 6.07) is 10.2. The van der Waals surface area contributed by atoms with Crippen LogP contribution in [0.15, 0.2) is 48.4 Å². The van der Waals surface area contributed by atoms with Crippen molar-refractivity contribution in [2.75, 3.05) is 13.7 Å². The normalized spacial score (nSPS) is 10.2. The number of hydrogen-bond acceptors (Lipinski definition) is 4. The van der Waals surface area contributed by atoms with Gasteiger partial charge in [0, 0.05) is 18.0 Å². The second kappa shape index (κ2) is 7.72. The minimum absolute atomic E-state index is 0.479. The van der Waals surface area contributed by atoms with Gasteiger partial charge in [0.05, 0.1) is 7.11 Å². The van der Waals surface area contributed by atoms with Crippen LogP contribution in [-0.4, -0.2) is 13.7 Å². The minimum Gasteiger partial charge on any atom is -0.493 e. The van der Waals surface area contributed by atoms with Gasteiger partial charge in [0.25, 0.3) is 0 Å². The summed E-state index contributed by atoms with van der Waals surface area (Å²) in [5, 5.41) is 5.50. The summed E-state index contributed by atoms with van der Waals surface area (Å²) >= 11 is 1.76. The van der Waals surface area contributed by atoms with Crippen molar-refractivity contribution < 1.29 is 9.47 Å². The first-order valence-electron chi connectivity index (χ1n) is 6.47. The molecular formula is C16H19NO2S. The van der Waals surface area contributed by atoms with Crippen molar-refractivity contribution in [3.63, 3.8) is 0 Å². The van der Waals surface area contributed by atoms with E-state index in [2.05, 4.69) is 29.4 Å². The van der Waals surface area contributed by atoms with Crippen LogP contribution in [0.3, 0.4) is 0 Å². The quantitative estimate of drug-likeness (QED) is 0.753. The second-order valence-corrected chi connectivity index (χ2v) is 5.30. The first-order chi connectivity index (χ1) is 9.83. The third kappa shape index (κ3) is 4.11. The third-order valence-electron chi connectivity index (χ3n) is 2.79. The number of hydrogen-bond donors (Lipinski definition) is 1. The van der Waals surface area contributed by atoms with Crippen molar-refractivity contribution in [3.8, 4) is 11.5 Å². The summed E-state index contributed by atoms with van der Waals surface area (Å²) in [6.07, 6.45) is 1.72. The summed E-state index contributed by atoms with van der Waals surface area (Å²) in [4.78, 5) is 1.34. The molecule has 1 aromatic carbocycles. The molecule has 0 spiro atoms. The second-order valence-electron chi connectivity index (χ2n) is 4.27. The van der Waals surface area contributed by atoms with Gasteiger partial charge in [0.15, 0.2) is 11.5 Å². The Morgan fingerprint density at radius 1 is 1.25 bits per heavy atom. The molecule has 3 nitrogen and oxygen atoms in total. The molecular weight excluding hydrogens is 270 g/mol. The van der Waals surface area contributed by atoms with Crippen molar-refractivity contribution in [1.29, 1.82) is 0 Å². The van der Waals surface area contributed by atoms with Gasteiger partial charge in [-0.3, -0.25) is 0 Å². The van der Waals surface area contributed by atoms with E-state index in [1.807, 2.05) is 18.2 Å². The van der Waals surface area contributed by atoms with Crippen LogP contribution in [0.1, 0.15) is 10.4 Å². The summed E-state index contributed by atoms with van der Waals surface area (Å²) in [5.74, 6) is 1.50. The zero-order chi connectivity index (χ0) is 14.2. The molecule has 0 aliphatic heterocycles. The summed E-state index contributed by atoms with van der Waals surface area (Å²) in [5.41, 5.74) is 1.17. The van der Waals surface area contributed by atoms with Crippen LogP contribution in [0.25, 0.3) is 0 Å². The maximum absolute atomic E-state index is 5.53. The maximum Gasteiger partial charge on any atom is 0.161 e. The van der Waals surface area contributed by atoms with E-state index >= 15 is 0 Å².